The van der Waals surface area contributed by atoms with Gasteiger partial charge < -0.3 is 15.4 Å². The van der Waals surface area contributed by atoms with Gasteiger partial charge in [-0.05, 0) is 37.0 Å². The minimum absolute atomic E-state index is 0. The van der Waals surface area contributed by atoms with E-state index in [4.69, 9.17) is 4.74 Å². The third-order valence-electron chi connectivity index (χ3n) is 3.60. The summed E-state index contributed by atoms with van der Waals surface area (Å²) in [6, 6.07) is 6.07. The Balaban J connectivity index is 0.00000133. The molecule has 1 unspecified atom stereocenters. The summed E-state index contributed by atoms with van der Waals surface area (Å²) < 4.78 is 5.28. The molecular formula is C14H19ClN2O2. The molecule has 0 aromatic heterocycles. The second kappa shape index (κ2) is 6.26. The van der Waals surface area contributed by atoms with Gasteiger partial charge in [-0.2, -0.15) is 0 Å². The van der Waals surface area contributed by atoms with Crippen molar-refractivity contribution in [3.63, 3.8) is 0 Å². The number of rotatable bonds is 2. The van der Waals surface area contributed by atoms with Gasteiger partial charge in [0, 0.05) is 24.4 Å². The average Bonchev–Trinajstić information content (AvgIpc) is 2.91. The van der Waals surface area contributed by atoms with Crippen LogP contribution >= 0.6 is 12.4 Å². The zero-order chi connectivity index (χ0) is 12.4. The summed E-state index contributed by atoms with van der Waals surface area (Å²) >= 11 is 0. The smallest absolute Gasteiger partial charge is 0.251 e. The minimum Gasteiger partial charge on any atom is -0.385 e. The summed E-state index contributed by atoms with van der Waals surface area (Å²) in [6.07, 6.45) is 2.98. The first-order valence-corrected chi connectivity index (χ1v) is 6.59. The van der Waals surface area contributed by atoms with Gasteiger partial charge in [0.25, 0.3) is 5.91 Å². The SMILES string of the molecule is Cl.O=C(NC1CCOC1)c1cccc2c1CCCN2. The Morgan fingerprint density at radius 1 is 1.42 bits per heavy atom. The van der Waals surface area contributed by atoms with Crippen LogP contribution in [0, 0.1) is 0 Å². The zero-order valence-corrected chi connectivity index (χ0v) is 11.6. The number of amides is 1. The molecule has 1 atom stereocenters. The fourth-order valence-corrected chi connectivity index (χ4v) is 2.63. The predicted molar refractivity (Wildman–Crippen MR) is 77.2 cm³/mol. The summed E-state index contributed by atoms with van der Waals surface area (Å²) in [5.74, 6) is 0.0334. The van der Waals surface area contributed by atoms with Crippen LogP contribution in [0.4, 0.5) is 5.69 Å². The molecule has 4 nitrogen and oxygen atoms in total. The first-order valence-electron chi connectivity index (χ1n) is 6.59. The van der Waals surface area contributed by atoms with Crippen molar-refractivity contribution in [3.8, 4) is 0 Å². The van der Waals surface area contributed by atoms with Crippen LogP contribution in [0.5, 0.6) is 0 Å². The predicted octanol–water partition coefficient (Wildman–Crippen LogP) is 1.99. The van der Waals surface area contributed by atoms with E-state index in [0.29, 0.717) is 6.61 Å². The van der Waals surface area contributed by atoms with Crippen LogP contribution in [0.2, 0.25) is 0 Å². The molecule has 2 aliphatic rings. The molecule has 0 bridgehead atoms. The lowest BCUT2D eigenvalue weighted by molar-refractivity contribution is 0.0929. The minimum atomic E-state index is 0. The molecule has 1 aromatic carbocycles. The molecule has 1 amide bonds. The monoisotopic (exact) mass is 282 g/mol. The van der Waals surface area contributed by atoms with Crippen LogP contribution in [0.1, 0.15) is 28.8 Å². The second-order valence-corrected chi connectivity index (χ2v) is 4.90. The first-order chi connectivity index (χ1) is 8.84. The quantitative estimate of drug-likeness (QED) is 0.872. The van der Waals surface area contributed by atoms with E-state index >= 15 is 0 Å². The molecule has 0 spiro atoms. The molecule has 3 rings (SSSR count). The number of ether oxygens (including phenoxy) is 1. The molecule has 19 heavy (non-hydrogen) atoms. The van der Waals surface area contributed by atoms with Gasteiger partial charge in [-0.1, -0.05) is 6.07 Å². The number of anilines is 1. The zero-order valence-electron chi connectivity index (χ0n) is 10.8. The Morgan fingerprint density at radius 3 is 3.11 bits per heavy atom. The third kappa shape index (κ3) is 3.01. The van der Waals surface area contributed by atoms with Crippen LogP contribution in [-0.4, -0.2) is 31.7 Å². The Kier molecular flexibility index (Phi) is 4.66. The van der Waals surface area contributed by atoms with Crippen LogP contribution in [0.25, 0.3) is 0 Å². The highest BCUT2D eigenvalue weighted by Gasteiger charge is 2.21. The lowest BCUT2D eigenvalue weighted by Gasteiger charge is -2.21. The second-order valence-electron chi connectivity index (χ2n) is 4.90. The number of hydrogen-bond acceptors (Lipinski definition) is 3. The van der Waals surface area contributed by atoms with Crippen molar-refractivity contribution in [1.29, 1.82) is 0 Å². The number of carbonyl (C=O) groups is 1. The van der Waals surface area contributed by atoms with E-state index in [1.807, 2.05) is 18.2 Å². The molecule has 0 saturated carbocycles. The van der Waals surface area contributed by atoms with Crippen LogP contribution in [0.3, 0.4) is 0 Å². The molecule has 2 aliphatic heterocycles. The maximum absolute atomic E-state index is 12.3. The van der Waals surface area contributed by atoms with Crippen molar-refractivity contribution in [2.75, 3.05) is 25.1 Å². The van der Waals surface area contributed by atoms with Gasteiger partial charge in [0.1, 0.15) is 0 Å². The third-order valence-corrected chi connectivity index (χ3v) is 3.60. The number of benzene rings is 1. The Bertz CT molecular complexity index is 459. The van der Waals surface area contributed by atoms with Crippen molar-refractivity contribution >= 4 is 24.0 Å². The van der Waals surface area contributed by atoms with Crippen molar-refractivity contribution in [1.82, 2.24) is 5.32 Å². The number of carbonyl (C=O) groups excluding carboxylic acids is 1. The van der Waals surface area contributed by atoms with Crippen molar-refractivity contribution in [3.05, 3.63) is 29.3 Å². The topological polar surface area (TPSA) is 50.4 Å². The molecule has 0 aliphatic carbocycles. The van der Waals surface area contributed by atoms with E-state index in [1.165, 1.54) is 0 Å². The fourth-order valence-electron chi connectivity index (χ4n) is 2.63. The fraction of sp³-hybridized carbons (Fsp3) is 0.500. The van der Waals surface area contributed by atoms with E-state index in [1.54, 1.807) is 0 Å². The molecule has 0 radical (unpaired) electrons. The highest BCUT2D eigenvalue weighted by molar-refractivity contribution is 5.97. The summed E-state index contributed by atoms with van der Waals surface area (Å²) in [5.41, 5.74) is 3.07. The molecule has 1 fully saturated rings. The molecule has 1 saturated heterocycles. The summed E-state index contributed by atoms with van der Waals surface area (Å²) in [4.78, 5) is 12.3. The van der Waals surface area contributed by atoms with Crippen molar-refractivity contribution < 1.29 is 9.53 Å². The van der Waals surface area contributed by atoms with Crippen LogP contribution in [-0.2, 0) is 11.2 Å². The van der Waals surface area contributed by atoms with Gasteiger partial charge >= 0.3 is 0 Å². The summed E-state index contributed by atoms with van der Waals surface area (Å²) in [7, 11) is 0. The van der Waals surface area contributed by atoms with Gasteiger partial charge in [0.15, 0.2) is 0 Å². The molecule has 5 heteroatoms. The molecule has 1 aromatic rings. The van der Waals surface area contributed by atoms with Crippen LogP contribution in [0.15, 0.2) is 18.2 Å². The van der Waals surface area contributed by atoms with E-state index in [9.17, 15) is 4.79 Å². The number of hydrogen-bond donors (Lipinski definition) is 2. The molecule has 104 valence electrons. The number of fused-ring (bicyclic) bond motifs is 1. The van der Waals surface area contributed by atoms with Gasteiger partial charge in [-0.15, -0.1) is 12.4 Å². The highest BCUT2D eigenvalue weighted by Crippen LogP contribution is 2.25. The van der Waals surface area contributed by atoms with Gasteiger partial charge in [0.05, 0.1) is 12.6 Å². The normalized spacial score (nSPS) is 20.9. The highest BCUT2D eigenvalue weighted by atomic mass is 35.5. The van der Waals surface area contributed by atoms with Gasteiger partial charge in [0.2, 0.25) is 0 Å². The maximum atomic E-state index is 12.3. The van der Waals surface area contributed by atoms with E-state index in [2.05, 4.69) is 10.6 Å². The van der Waals surface area contributed by atoms with E-state index < -0.39 is 0 Å². The standard InChI is InChI=1S/C14H18N2O2.ClH/c17-14(16-10-6-8-18-9-10)12-3-1-5-13-11(12)4-2-7-15-13;/h1,3,5,10,15H,2,4,6-9H2,(H,16,17);1H. The van der Waals surface area contributed by atoms with Gasteiger partial charge in [-0.3, -0.25) is 4.79 Å². The largest absolute Gasteiger partial charge is 0.385 e. The average molecular weight is 283 g/mol. The summed E-state index contributed by atoms with van der Waals surface area (Å²) in [5, 5.41) is 6.40. The molecule has 2 heterocycles. The van der Waals surface area contributed by atoms with Crippen molar-refractivity contribution in [2.45, 2.75) is 25.3 Å². The lowest BCUT2D eigenvalue weighted by atomic mass is 9.97. The number of halogens is 1. The van der Waals surface area contributed by atoms with Crippen LogP contribution < -0.4 is 10.6 Å². The lowest BCUT2D eigenvalue weighted by Crippen LogP contribution is -2.35. The van der Waals surface area contributed by atoms with E-state index in [0.717, 1.165) is 49.2 Å². The number of nitrogens with one attached hydrogen (secondary N) is 2. The summed E-state index contributed by atoms with van der Waals surface area (Å²) in [6.45, 7) is 2.38. The molecular weight excluding hydrogens is 264 g/mol. The van der Waals surface area contributed by atoms with Gasteiger partial charge in [-0.25, -0.2) is 0 Å². The molecule has 2 N–H and O–H groups in total. The Morgan fingerprint density at radius 2 is 2.32 bits per heavy atom. The van der Waals surface area contributed by atoms with E-state index in [-0.39, 0.29) is 24.4 Å². The Labute approximate surface area is 119 Å². The Hall–Kier alpha value is -1.26. The first kappa shape index (κ1) is 14.2. The maximum Gasteiger partial charge on any atom is 0.251 e. The van der Waals surface area contributed by atoms with Crippen molar-refractivity contribution in [2.24, 2.45) is 0 Å².